The molecule has 5 heteroatoms. The summed E-state index contributed by atoms with van der Waals surface area (Å²) < 4.78 is 24.0. The molecular weight excluding hydrogens is 231 g/mol. The number of rotatable bonds is 5. The van der Waals surface area contributed by atoms with Gasteiger partial charge in [-0.15, -0.1) is 11.3 Å². The zero-order valence-corrected chi connectivity index (χ0v) is 11.2. The maximum atomic E-state index is 12.5. The molecular formula is C10H17O3PS. The minimum Gasteiger partial charge on any atom is -0.302 e. The summed E-state index contributed by atoms with van der Waals surface area (Å²) >= 11 is 1.40. The van der Waals surface area contributed by atoms with Crippen LogP contribution < -0.4 is 4.62 Å². The lowest BCUT2D eigenvalue weighted by molar-refractivity contribution is 0.150. The molecule has 0 aliphatic heterocycles. The van der Waals surface area contributed by atoms with E-state index in [0.29, 0.717) is 4.62 Å². The lowest BCUT2D eigenvalue weighted by Gasteiger charge is -2.21. The summed E-state index contributed by atoms with van der Waals surface area (Å²) in [6.45, 7) is 7.40. The van der Waals surface area contributed by atoms with Crippen LogP contribution in [0.15, 0.2) is 17.5 Å². The maximum absolute atomic E-state index is 12.5. The van der Waals surface area contributed by atoms with Crippen molar-refractivity contribution in [3.05, 3.63) is 17.5 Å². The Morgan fingerprint density at radius 1 is 1.20 bits per heavy atom. The monoisotopic (exact) mass is 248 g/mol. The summed E-state index contributed by atoms with van der Waals surface area (Å²) in [5.74, 6) is 0. The molecule has 0 aliphatic carbocycles. The summed E-state index contributed by atoms with van der Waals surface area (Å²) in [7, 11) is -3.12. The third kappa shape index (κ3) is 3.72. The van der Waals surface area contributed by atoms with Crippen LogP contribution in [0.3, 0.4) is 0 Å². The van der Waals surface area contributed by atoms with Crippen LogP contribution in [0.1, 0.15) is 27.7 Å². The van der Waals surface area contributed by atoms with Crippen molar-refractivity contribution in [1.29, 1.82) is 0 Å². The van der Waals surface area contributed by atoms with Gasteiger partial charge in [0.05, 0.1) is 12.2 Å². The summed E-state index contributed by atoms with van der Waals surface area (Å²) in [6.07, 6.45) is -0.228. The van der Waals surface area contributed by atoms with Crippen LogP contribution in [-0.2, 0) is 13.6 Å². The predicted molar refractivity (Wildman–Crippen MR) is 64.0 cm³/mol. The van der Waals surface area contributed by atoms with Gasteiger partial charge in [-0.05, 0) is 39.1 Å². The second kappa shape index (κ2) is 5.26. The van der Waals surface area contributed by atoms with Gasteiger partial charge in [0.2, 0.25) is 0 Å². The zero-order chi connectivity index (χ0) is 11.5. The average molecular weight is 248 g/mol. The van der Waals surface area contributed by atoms with Gasteiger partial charge in [-0.2, -0.15) is 0 Å². The van der Waals surface area contributed by atoms with E-state index in [1.807, 2.05) is 39.1 Å². The van der Waals surface area contributed by atoms with Crippen LogP contribution in [0.2, 0.25) is 0 Å². The average Bonchev–Trinajstić information content (AvgIpc) is 2.51. The van der Waals surface area contributed by atoms with Gasteiger partial charge in [-0.1, -0.05) is 6.07 Å². The fraction of sp³-hybridized carbons (Fsp3) is 0.600. The molecule has 0 atom stereocenters. The summed E-state index contributed by atoms with van der Waals surface area (Å²) in [5.41, 5.74) is 0. The highest BCUT2D eigenvalue weighted by Crippen LogP contribution is 2.50. The fourth-order valence-electron chi connectivity index (χ4n) is 1.11. The molecule has 0 saturated heterocycles. The van der Waals surface area contributed by atoms with Crippen molar-refractivity contribution >= 4 is 23.6 Å². The van der Waals surface area contributed by atoms with E-state index >= 15 is 0 Å². The number of thiophene rings is 1. The Bertz CT molecular complexity index is 318. The molecule has 0 aliphatic rings. The van der Waals surface area contributed by atoms with Gasteiger partial charge in [0.1, 0.15) is 4.62 Å². The van der Waals surface area contributed by atoms with Crippen LogP contribution in [-0.4, -0.2) is 12.2 Å². The Labute approximate surface area is 95.0 Å². The van der Waals surface area contributed by atoms with E-state index in [4.69, 9.17) is 9.05 Å². The SMILES string of the molecule is CC(C)OP(=O)(OC(C)C)c1cccs1. The molecule has 15 heavy (non-hydrogen) atoms. The first-order chi connectivity index (χ1) is 6.94. The molecule has 1 aromatic heterocycles. The van der Waals surface area contributed by atoms with Crippen LogP contribution >= 0.6 is 18.9 Å². The Hall–Kier alpha value is -0.150. The highest BCUT2D eigenvalue weighted by molar-refractivity contribution is 7.68. The molecule has 0 fully saturated rings. The van der Waals surface area contributed by atoms with Crippen molar-refractivity contribution in [3.8, 4) is 0 Å². The molecule has 0 radical (unpaired) electrons. The molecule has 0 saturated carbocycles. The fourth-order valence-corrected chi connectivity index (χ4v) is 4.16. The number of hydrogen-bond acceptors (Lipinski definition) is 4. The molecule has 1 rings (SSSR count). The quantitative estimate of drug-likeness (QED) is 0.749. The highest BCUT2D eigenvalue weighted by atomic mass is 32.1. The molecule has 86 valence electrons. The van der Waals surface area contributed by atoms with Gasteiger partial charge in [0.15, 0.2) is 0 Å². The maximum Gasteiger partial charge on any atom is 0.371 e. The molecule has 1 heterocycles. The van der Waals surface area contributed by atoms with Gasteiger partial charge in [0.25, 0.3) is 0 Å². The van der Waals surface area contributed by atoms with Crippen LogP contribution in [0, 0.1) is 0 Å². The lowest BCUT2D eigenvalue weighted by Crippen LogP contribution is -2.14. The molecule has 1 aromatic rings. The summed E-state index contributed by atoms with van der Waals surface area (Å²) in [4.78, 5) is 0. The Kier molecular flexibility index (Phi) is 4.53. The van der Waals surface area contributed by atoms with Crippen molar-refractivity contribution in [3.63, 3.8) is 0 Å². The van der Waals surface area contributed by atoms with E-state index in [1.165, 1.54) is 11.3 Å². The molecule has 0 amide bonds. The summed E-state index contributed by atoms with van der Waals surface area (Å²) in [6, 6.07) is 3.64. The van der Waals surface area contributed by atoms with Crippen LogP contribution in [0.25, 0.3) is 0 Å². The Morgan fingerprint density at radius 2 is 1.73 bits per heavy atom. The highest BCUT2D eigenvalue weighted by Gasteiger charge is 2.31. The Morgan fingerprint density at radius 3 is 2.07 bits per heavy atom. The molecule has 0 unspecified atom stereocenters. The standard InChI is InChI=1S/C10H17O3PS/c1-8(2)12-14(11,13-9(3)4)10-6-5-7-15-10/h5-9H,1-4H3. The second-order valence-electron chi connectivity index (χ2n) is 3.76. The van der Waals surface area contributed by atoms with Crippen molar-refractivity contribution in [2.75, 3.05) is 0 Å². The third-order valence-corrected chi connectivity index (χ3v) is 5.22. The lowest BCUT2D eigenvalue weighted by atomic mass is 10.5. The van der Waals surface area contributed by atoms with Gasteiger partial charge in [-0.25, -0.2) is 0 Å². The topological polar surface area (TPSA) is 35.5 Å². The van der Waals surface area contributed by atoms with E-state index in [9.17, 15) is 4.57 Å². The van der Waals surface area contributed by atoms with Crippen molar-refractivity contribution in [2.45, 2.75) is 39.9 Å². The van der Waals surface area contributed by atoms with Crippen LogP contribution in [0.5, 0.6) is 0 Å². The first-order valence-electron chi connectivity index (χ1n) is 4.95. The van der Waals surface area contributed by atoms with E-state index in [-0.39, 0.29) is 12.2 Å². The minimum atomic E-state index is -3.12. The zero-order valence-electron chi connectivity index (χ0n) is 9.47. The molecule has 0 spiro atoms. The Balaban J connectivity index is 2.91. The van der Waals surface area contributed by atoms with Crippen molar-refractivity contribution < 1.29 is 13.6 Å². The van der Waals surface area contributed by atoms with Crippen molar-refractivity contribution in [1.82, 2.24) is 0 Å². The predicted octanol–water partition coefficient (Wildman–Crippen LogP) is 3.42. The van der Waals surface area contributed by atoms with Gasteiger partial charge in [-0.3, -0.25) is 4.57 Å². The van der Waals surface area contributed by atoms with Gasteiger partial charge < -0.3 is 9.05 Å². The first kappa shape index (κ1) is 12.9. The van der Waals surface area contributed by atoms with Crippen molar-refractivity contribution in [2.24, 2.45) is 0 Å². The number of hydrogen-bond donors (Lipinski definition) is 0. The smallest absolute Gasteiger partial charge is 0.302 e. The molecule has 0 N–H and O–H groups in total. The van der Waals surface area contributed by atoms with E-state index < -0.39 is 7.60 Å². The third-order valence-electron chi connectivity index (χ3n) is 1.48. The normalized spacial score (nSPS) is 12.7. The van der Waals surface area contributed by atoms with Gasteiger partial charge in [0, 0.05) is 0 Å². The second-order valence-corrected chi connectivity index (χ2v) is 6.91. The van der Waals surface area contributed by atoms with E-state index in [1.54, 1.807) is 6.07 Å². The van der Waals surface area contributed by atoms with Crippen LogP contribution in [0.4, 0.5) is 0 Å². The van der Waals surface area contributed by atoms with Gasteiger partial charge >= 0.3 is 7.60 Å². The molecule has 0 bridgehead atoms. The largest absolute Gasteiger partial charge is 0.371 e. The van der Waals surface area contributed by atoms with E-state index in [2.05, 4.69) is 0 Å². The van der Waals surface area contributed by atoms with E-state index in [0.717, 1.165) is 0 Å². The molecule has 3 nitrogen and oxygen atoms in total. The molecule has 0 aromatic carbocycles. The minimum absolute atomic E-state index is 0.114. The first-order valence-corrected chi connectivity index (χ1v) is 7.37. The summed E-state index contributed by atoms with van der Waals surface area (Å²) in [5, 5.41) is 1.87.